The molecule has 1 amide bonds. The molecule has 2 heterocycles. The number of aryl methyl sites for hydroxylation is 4. The zero-order chi connectivity index (χ0) is 20.3. The number of rotatable bonds is 5. The molecule has 2 N–H and O–H groups in total. The summed E-state index contributed by atoms with van der Waals surface area (Å²) >= 11 is 0. The van der Waals surface area contributed by atoms with Gasteiger partial charge in [0, 0.05) is 18.1 Å². The van der Waals surface area contributed by atoms with Gasteiger partial charge in [-0.1, -0.05) is 25.1 Å². The Kier molecular flexibility index (Phi) is 5.73. The van der Waals surface area contributed by atoms with Crippen LogP contribution in [0.2, 0.25) is 0 Å². The topological polar surface area (TPSA) is 74.8 Å². The maximum Gasteiger partial charge on any atom is 0.261 e. The van der Waals surface area contributed by atoms with Crippen molar-refractivity contribution in [3.8, 4) is 0 Å². The van der Waals surface area contributed by atoms with E-state index < -0.39 is 5.91 Å². The van der Waals surface area contributed by atoms with E-state index in [-0.39, 0.29) is 17.2 Å². The van der Waals surface area contributed by atoms with Crippen LogP contribution in [-0.4, -0.2) is 15.9 Å². The highest BCUT2D eigenvalue weighted by Gasteiger charge is 2.20. The SMILES string of the molecule is CCc1[nH]c(=O)c(C(=O)N[C@@H](c2ccncc2)c2ccc(C)c(C)c2)cc1C. The van der Waals surface area contributed by atoms with Gasteiger partial charge in [-0.25, -0.2) is 0 Å². The lowest BCUT2D eigenvalue weighted by Crippen LogP contribution is -2.34. The molecule has 0 saturated heterocycles. The Balaban J connectivity index is 2.00. The molecule has 0 spiro atoms. The van der Waals surface area contributed by atoms with Gasteiger partial charge in [-0.15, -0.1) is 0 Å². The summed E-state index contributed by atoms with van der Waals surface area (Å²) in [5, 5.41) is 3.03. The zero-order valence-electron chi connectivity index (χ0n) is 16.7. The fourth-order valence-electron chi connectivity index (χ4n) is 3.28. The number of aromatic nitrogens is 2. The molecule has 0 bridgehead atoms. The Bertz CT molecular complexity index is 1060. The molecule has 144 valence electrons. The lowest BCUT2D eigenvalue weighted by molar-refractivity contribution is 0.0941. The van der Waals surface area contributed by atoms with Crippen molar-refractivity contribution in [1.82, 2.24) is 15.3 Å². The van der Waals surface area contributed by atoms with E-state index in [4.69, 9.17) is 0 Å². The van der Waals surface area contributed by atoms with E-state index in [9.17, 15) is 9.59 Å². The molecule has 0 radical (unpaired) electrons. The number of hydrogen-bond donors (Lipinski definition) is 2. The molecule has 3 rings (SSSR count). The number of nitrogens with one attached hydrogen (secondary N) is 2. The van der Waals surface area contributed by atoms with E-state index in [2.05, 4.69) is 28.3 Å². The van der Waals surface area contributed by atoms with Crippen molar-refractivity contribution < 1.29 is 4.79 Å². The van der Waals surface area contributed by atoms with E-state index in [1.807, 2.05) is 45.0 Å². The standard InChI is InChI=1S/C23H25N3O2/c1-5-20-16(4)13-19(22(27)25-20)23(28)26-21(17-8-10-24-11-9-17)18-7-6-14(2)15(3)12-18/h6-13,21H,5H2,1-4H3,(H,25,27)(H,26,28)/t21-/m0/s1. The summed E-state index contributed by atoms with van der Waals surface area (Å²) in [6.07, 6.45) is 4.11. The van der Waals surface area contributed by atoms with Gasteiger partial charge in [-0.3, -0.25) is 14.6 Å². The Hall–Kier alpha value is -3.21. The highest BCUT2D eigenvalue weighted by Crippen LogP contribution is 2.24. The molecule has 1 atom stereocenters. The third-order valence-electron chi connectivity index (χ3n) is 5.12. The maximum absolute atomic E-state index is 13.0. The van der Waals surface area contributed by atoms with E-state index >= 15 is 0 Å². The third-order valence-corrected chi connectivity index (χ3v) is 5.12. The molecule has 0 aliphatic heterocycles. The number of carbonyl (C=O) groups excluding carboxylic acids is 1. The van der Waals surface area contributed by atoms with Crippen molar-refractivity contribution in [3.63, 3.8) is 0 Å². The van der Waals surface area contributed by atoms with Gasteiger partial charge >= 0.3 is 0 Å². The Morgan fingerprint density at radius 2 is 1.71 bits per heavy atom. The first-order chi connectivity index (χ1) is 13.4. The molecule has 0 fully saturated rings. The number of amides is 1. The predicted molar refractivity (Wildman–Crippen MR) is 111 cm³/mol. The first-order valence-corrected chi connectivity index (χ1v) is 9.41. The number of H-pyrrole nitrogens is 1. The minimum Gasteiger partial charge on any atom is -0.341 e. The number of pyridine rings is 2. The number of hydrogen-bond acceptors (Lipinski definition) is 3. The van der Waals surface area contributed by atoms with Gasteiger partial charge in [-0.2, -0.15) is 0 Å². The van der Waals surface area contributed by atoms with Crippen LogP contribution < -0.4 is 10.9 Å². The summed E-state index contributed by atoms with van der Waals surface area (Å²) in [7, 11) is 0. The monoisotopic (exact) mass is 375 g/mol. The molecule has 5 nitrogen and oxygen atoms in total. The van der Waals surface area contributed by atoms with Gasteiger partial charge in [-0.05, 0) is 73.2 Å². The van der Waals surface area contributed by atoms with Crippen LogP contribution in [0.15, 0.2) is 53.6 Å². The van der Waals surface area contributed by atoms with Crippen molar-refractivity contribution in [2.24, 2.45) is 0 Å². The van der Waals surface area contributed by atoms with Crippen molar-refractivity contribution in [2.75, 3.05) is 0 Å². The van der Waals surface area contributed by atoms with Crippen LogP contribution in [0.1, 0.15) is 56.8 Å². The number of carbonyl (C=O) groups is 1. The zero-order valence-corrected chi connectivity index (χ0v) is 16.7. The normalized spacial score (nSPS) is 11.9. The van der Waals surface area contributed by atoms with Gasteiger partial charge in [0.25, 0.3) is 11.5 Å². The molecular formula is C23H25N3O2. The van der Waals surface area contributed by atoms with Crippen molar-refractivity contribution in [3.05, 3.63) is 98.2 Å². The molecule has 0 aliphatic carbocycles. The summed E-state index contributed by atoms with van der Waals surface area (Å²) in [5.41, 5.74) is 5.70. The van der Waals surface area contributed by atoms with Crippen LogP contribution >= 0.6 is 0 Å². The van der Waals surface area contributed by atoms with Crippen LogP contribution in [-0.2, 0) is 6.42 Å². The molecule has 5 heteroatoms. The lowest BCUT2D eigenvalue weighted by Gasteiger charge is -2.21. The summed E-state index contributed by atoms with van der Waals surface area (Å²) in [4.78, 5) is 32.3. The Morgan fingerprint density at radius 3 is 2.36 bits per heavy atom. The van der Waals surface area contributed by atoms with E-state index in [1.54, 1.807) is 18.5 Å². The average molecular weight is 375 g/mol. The highest BCUT2D eigenvalue weighted by atomic mass is 16.2. The van der Waals surface area contributed by atoms with Gasteiger partial charge in [0.15, 0.2) is 0 Å². The highest BCUT2D eigenvalue weighted by molar-refractivity contribution is 5.94. The number of aromatic amines is 1. The van der Waals surface area contributed by atoms with E-state index in [0.717, 1.165) is 27.9 Å². The summed E-state index contributed by atoms with van der Waals surface area (Å²) in [5.74, 6) is -0.396. The minimum atomic E-state index is -0.396. The molecule has 0 unspecified atom stereocenters. The molecule has 3 aromatic rings. The van der Waals surface area contributed by atoms with Gasteiger partial charge in [0.1, 0.15) is 5.56 Å². The van der Waals surface area contributed by atoms with Gasteiger partial charge < -0.3 is 10.3 Å². The van der Waals surface area contributed by atoms with Crippen molar-refractivity contribution >= 4 is 5.91 Å². The smallest absolute Gasteiger partial charge is 0.261 e. The van der Waals surface area contributed by atoms with Gasteiger partial charge in [0.2, 0.25) is 0 Å². The van der Waals surface area contributed by atoms with E-state index in [0.29, 0.717) is 6.42 Å². The quantitative estimate of drug-likeness (QED) is 0.713. The second kappa shape index (κ2) is 8.21. The van der Waals surface area contributed by atoms with Crippen LogP contribution in [0.5, 0.6) is 0 Å². The van der Waals surface area contributed by atoms with Crippen molar-refractivity contribution in [2.45, 2.75) is 40.2 Å². The van der Waals surface area contributed by atoms with Gasteiger partial charge in [0.05, 0.1) is 6.04 Å². The largest absolute Gasteiger partial charge is 0.341 e. The summed E-state index contributed by atoms with van der Waals surface area (Å²) < 4.78 is 0. The lowest BCUT2D eigenvalue weighted by atomic mass is 9.96. The van der Waals surface area contributed by atoms with Crippen molar-refractivity contribution in [1.29, 1.82) is 0 Å². The Morgan fingerprint density at radius 1 is 1.00 bits per heavy atom. The molecule has 0 aliphatic rings. The second-order valence-corrected chi connectivity index (χ2v) is 7.06. The second-order valence-electron chi connectivity index (χ2n) is 7.06. The number of nitrogens with zero attached hydrogens (tertiary/aromatic N) is 1. The molecule has 0 saturated carbocycles. The number of benzene rings is 1. The van der Waals surface area contributed by atoms with Crippen LogP contribution in [0.4, 0.5) is 0 Å². The first-order valence-electron chi connectivity index (χ1n) is 9.41. The summed E-state index contributed by atoms with van der Waals surface area (Å²) in [6.45, 7) is 7.96. The fraction of sp³-hybridized carbons (Fsp3) is 0.261. The Labute approximate surface area is 164 Å². The van der Waals surface area contributed by atoms with Crippen LogP contribution in [0.25, 0.3) is 0 Å². The molecule has 28 heavy (non-hydrogen) atoms. The first kappa shape index (κ1) is 19.5. The maximum atomic E-state index is 13.0. The molecular weight excluding hydrogens is 350 g/mol. The predicted octanol–water partition coefficient (Wildman–Crippen LogP) is 3.78. The third kappa shape index (κ3) is 4.03. The molecule has 2 aromatic heterocycles. The van der Waals surface area contributed by atoms with Crippen LogP contribution in [0.3, 0.4) is 0 Å². The van der Waals surface area contributed by atoms with Crippen LogP contribution in [0, 0.1) is 20.8 Å². The van der Waals surface area contributed by atoms with E-state index in [1.165, 1.54) is 5.56 Å². The molecule has 1 aromatic carbocycles. The minimum absolute atomic E-state index is 0.123. The average Bonchev–Trinajstić information content (AvgIpc) is 2.70. The summed E-state index contributed by atoms with van der Waals surface area (Å²) in [6, 6.07) is 11.1. The fourth-order valence-corrected chi connectivity index (χ4v) is 3.28.